The van der Waals surface area contributed by atoms with Gasteiger partial charge in [0.2, 0.25) is 0 Å². The Hall–Kier alpha value is 0.650. The van der Waals surface area contributed by atoms with Gasteiger partial charge in [0.05, 0.1) is 3.57 Å². The van der Waals surface area contributed by atoms with E-state index in [0.717, 1.165) is 10.0 Å². The minimum Gasteiger partial charge on any atom is -0.206 e. The molecule has 1 aromatic rings. The van der Waals surface area contributed by atoms with Gasteiger partial charge in [0, 0.05) is 10.4 Å². The van der Waals surface area contributed by atoms with Gasteiger partial charge in [-0.3, -0.25) is 0 Å². The summed E-state index contributed by atoms with van der Waals surface area (Å²) in [5.74, 6) is 0.112. The lowest BCUT2D eigenvalue weighted by Crippen LogP contribution is -1.90. The van der Waals surface area contributed by atoms with E-state index in [1.807, 2.05) is 22.6 Å². The molecule has 0 unspecified atom stereocenters. The normalized spacial score (nSPS) is 10.2. The minimum absolute atomic E-state index is 0.218. The van der Waals surface area contributed by atoms with E-state index in [1.165, 1.54) is 6.07 Å². The van der Waals surface area contributed by atoms with Crippen molar-refractivity contribution in [1.29, 1.82) is 0 Å². The Labute approximate surface area is 91.4 Å². The van der Waals surface area contributed by atoms with E-state index < -0.39 is 0 Å². The van der Waals surface area contributed by atoms with Crippen molar-refractivity contribution in [2.45, 2.75) is 5.88 Å². The quantitative estimate of drug-likeness (QED) is 0.409. The molecule has 0 aliphatic carbocycles. The fourth-order valence-electron chi connectivity index (χ4n) is 0.692. The van der Waals surface area contributed by atoms with Crippen LogP contribution >= 0.6 is 50.1 Å². The van der Waals surface area contributed by atoms with Gasteiger partial charge in [0.1, 0.15) is 5.82 Å². The van der Waals surface area contributed by atoms with Crippen LogP contribution in [-0.2, 0) is 5.88 Å². The molecule has 0 spiro atoms. The van der Waals surface area contributed by atoms with Crippen molar-refractivity contribution in [1.82, 2.24) is 0 Å². The summed E-state index contributed by atoms with van der Waals surface area (Å²) in [6.07, 6.45) is 0. The van der Waals surface area contributed by atoms with Crippen LogP contribution in [0.15, 0.2) is 16.6 Å². The number of rotatable bonds is 1. The van der Waals surface area contributed by atoms with Crippen LogP contribution in [0.1, 0.15) is 5.56 Å². The summed E-state index contributed by atoms with van der Waals surface area (Å²) < 4.78 is 14.3. The molecular formula is C7H4BrClFI. The summed E-state index contributed by atoms with van der Waals surface area (Å²) in [5.41, 5.74) is 0.812. The molecule has 60 valence electrons. The Bertz CT molecular complexity index is 277. The van der Waals surface area contributed by atoms with Crippen LogP contribution in [-0.4, -0.2) is 0 Å². The first kappa shape index (κ1) is 9.74. The van der Waals surface area contributed by atoms with E-state index in [-0.39, 0.29) is 5.82 Å². The molecule has 0 saturated heterocycles. The zero-order chi connectivity index (χ0) is 8.43. The molecule has 0 amide bonds. The maximum atomic E-state index is 12.9. The van der Waals surface area contributed by atoms with Crippen LogP contribution in [0.4, 0.5) is 4.39 Å². The molecule has 1 aromatic carbocycles. The second-order valence-electron chi connectivity index (χ2n) is 1.96. The fraction of sp³-hybridized carbons (Fsp3) is 0.143. The Morgan fingerprint density at radius 2 is 2.18 bits per heavy atom. The largest absolute Gasteiger partial charge is 0.206 e. The van der Waals surface area contributed by atoms with Crippen molar-refractivity contribution in [3.05, 3.63) is 31.6 Å². The molecule has 4 heteroatoms. The van der Waals surface area contributed by atoms with Crippen molar-refractivity contribution in [3.63, 3.8) is 0 Å². The highest BCUT2D eigenvalue weighted by Gasteiger charge is 2.07. The van der Waals surface area contributed by atoms with Gasteiger partial charge in [-0.15, -0.1) is 11.6 Å². The van der Waals surface area contributed by atoms with Crippen molar-refractivity contribution < 1.29 is 4.39 Å². The smallest absolute Gasteiger partial charge is 0.136 e. The highest BCUT2D eigenvalue weighted by atomic mass is 127. The molecule has 0 nitrogen and oxygen atoms in total. The first-order valence-electron chi connectivity index (χ1n) is 2.85. The number of halogens is 4. The highest BCUT2D eigenvalue weighted by molar-refractivity contribution is 14.1. The molecule has 11 heavy (non-hydrogen) atoms. The van der Waals surface area contributed by atoms with Gasteiger partial charge in [0.25, 0.3) is 0 Å². The zero-order valence-corrected chi connectivity index (χ0v) is 9.87. The van der Waals surface area contributed by atoms with Crippen LogP contribution in [0, 0.1) is 9.39 Å². The van der Waals surface area contributed by atoms with Crippen molar-refractivity contribution in [3.8, 4) is 0 Å². The lowest BCUT2D eigenvalue weighted by Gasteiger charge is -2.03. The van der Waals surface area contributed by atoms with Crippen molar-refractivity contribution in [2.24, 2.45) is 0 Å². The summed E-state index contributed by atoms with van der Waals surface area (Å²) in [6.45, 7) is 0. The van der Waals surface area contributed by atoms with E-state index >= 15 is 0 Å². The van der Waals surface area contributed by atoms with E-state index in [9.17, 15) is 4.39 Å². The van der Waals surface area contributed by atoms with Crippen LogP contribution in [0.3, 0.4) is 0 Å². The third kappa shape index (κ3) is 2.06. The molecule has 0 aromatic heterocycles. The lowest BCUT2D eigenvalue weighted by atomic mass is 10.2. The van der Waals surface area contributed by atoms with E-state index in [2.05, 4.69) is 15.9 Å². The molecular weight excluding hydrogens is 345 g/mol. The zero-order valence-electron chi connectivity index (χ0n) is 5.37. The molecule has 0 radical (unpaired) electrons. The van der Waals surface area contributed by atoms with Gasteiger partial charge in [-0.1, -0.05) is 15.9 Å². The van der Waals surface area contributed by atoms with Gasteiger partial charge < -0.3 is 0 Å². The Kier molecular flexibility index (Phi) is 3.58. The topological polar surface area (TPSA) is 0 Å². The summed E-state index contributed by atoms with van der Waals surface area (Å²) in [5, 5.41) is 0. The minimum atomic E-state index is -0.218. The summed E-state index contributed by atoms with van der Waals surface area (Å²) >= 11 is 10.8. The average molecular weight is 349 g/mol. The molecule has 0 heterocycles. The van der Waals surface area contributed by atoms with Crippen LogP contribution < -0.4 is 0 Å². The summed E-state index contributed by atoms with van der Waals surface area (Å²) in [7, 11) is 0. The molecule has 0 fully saturated rings. The lowest BCUT2D eigenvalue weighted by molar-refractivity contribution is 0.618. The molecule has 0 bridgehead atoms. The predicted molar refractivity (Wildman–Crippen MR) is 56.4 cm³/mol. The second-order valence-corrected chi connectivity index (χ2v) is 4.16. The predicted octanol–water partition coefficient (Wildman–Crippen LogP) is 3.93. The Balaban J connectivity index is 3.29. The van der Waals surface area contributed by atoms with Crippen LogP contribution in [0.5, 0.6) is 0 Å². The van der Waals surface area contributed by atoms with E-state index in [4.69, 9.17) is 11.6 Å². The molecule has 0 N–H and O–H groups in total. The van der Waals surface area contributed by atoms with Crippen molar-refractivity contribution >= 4 is 50.1 Å². The van der Waals surface area contributed by atoms with Crippen LogP contribution in [0.2, 0.25) is 0 Å². The van der Waals surface area contributed by atoms with E-state index in [1.54, 1.807) is 6.07 Å². The van der Waals surface area contributed by atoms with Gasteiger partial charge in [-0.2, -0.15) is 0 Å². The Morgan fingerprint density at radius 3 is 2.64 bits per heavy atom. The maximum Gasteiger partial charge on any atom is 0.136 e. The van der Waals surface area contributed by atoms with Gasteiger partial charge >= 0.3 is 0 Å². The first-order chi connectivity index (χ1) is 5.16. The molecule has 0 aliphatic heterocycles. The SMILES string of the molecule is Fc1ccc(Br)c(CCl)c1I. The average Bonchev–Trinajstić information content (AvgIpc) is 1.99. The number of benzene rings is 1. The standard InChI is InChI=1S/C7H4BrClFI/c8-5-1-2-6(10)7(11)4(5)3-9/h1-2H,3H2. The number of hydrogen-bond donors (Lipinski definition) is 0. The maximum absolute atomic E-state index is 12.9. The summed E-state index contributed by atoms with van der Waals surface area (Å²) in [6, 6.07) is 3.08. The van der Waals surface area contributed by atoms with E-state index in [0.29, 0.717) is 9.45 Å². The number of hydrogen-bond acceptors (Lipinski definition) is 0. The summed E-state index contributed by atoms with van der Waals surface area (Å²) in [4.78, 5) is 0. The second kappa shape index (κ2) is 4.05. The monoisotopic (exact) mass is 348 g/mol. The fourth-order valence-corrected chi connectivity index (χ4v) is 2.86. The molecule has 0 saturated carbocycles. The third-order valence-corrected chi connectivity index (χ3v) is 3.45. The van der Waals surface area contributed by atoms with Gasteiger partial charge in [0.15, 0.2) is 0 Å². The molecule has 0 aliphatic rings. The van der Waals surface area contributed by atoms with Gasteiger partial charge in [-0.05, 0) is 40.3 Å². The molecule has 0 atom stereocenters. The number of alkyl halides is 1. The Morgan fingerprint density at radius 1 is 1.55 bits per heavy atom. The highest BCUT2D eigenvalue weighted by Crippen LogP contribution is 2.25. The van der Waals surface area contributed by atoms with Gasteiger partial charge in [-0.25, -0.2) is 4.39 Å². The first-order valence-corrected chi connectivity index (χ1v) is 5.25. The van der Waals surface area contributed by atoms with Crippen molar-refractivity contribution in [2.75, 3.05) is 0 Å². The molecule has 1 rings (SSSR count). The third-order valence-electron chi connectivity index (χ3n) is 1.27. The van der Waals surface area contributed by atoms with Crippen LogP contribution in [0.25, 0.3) is 0 Å².